The first-order valence-corrected chi connectivity index (χ1v) is 6.06. The molecule has 0 bridgehead atoms. The maximum atomic E-state index is 13.9. The quantitative estimate of drug-likeness (QED) is 0.873. The Kier molecular flexibility index (Phi) is 3.62. The van der Waals surface area contributed by atoms with E-state index in [9.17, 15) is 8.78 Å². The molecule has 2 rings (SSSR count). The molecule has 1 atom stereocenters. The zero-order valence-corrected chi connectivity index (χ0v) is 10.3. The van der Waals surface area contributed by atoms with E-state index in [1.54, 1.807) is 11.8 Å². The van der Waals surface area contributed by atoms with Crippen molar-refractivity contribution in [3.63, 3.8) is 0 Å². The number of nitrogens with one attached hydrogen (secondary N) is 1. The summed E-state index contributed by atoms with van der Waals surface area (Å²) in [6.45, 7) is 5.96. The van der Waals surface area contributed by atoms with E-state index in [0.29, 0.717) is 24.7 Å². The molecule has 0 radical (unpaired) electrons. The minimum absolute atomic E-state index is 0.130. The van der Waals surface area contributed by atoms with Crippen molar-refractivity contribution in [2.75, 3.05) is 24.5 Å². The highest BCUT2D eigenvalue weighted by Gasteiger charge is 2.26. The number of rotatable bonds is 3. The highest BCUT2D eigenvalue weighted by Crippen LogP contribution is 2.28. The van der Waals surface area contributed by atoms with Gasteiger partial charge in [0.15, 0.2) is 5.82 Å². The largest absolute Gasteiger partial charge is 0.365 e. The van der Waals surface area contributed by atoms with Crippen LogP contribution < -0.4 is 10.2 Å². The Morgan fingerprint density at radius 2 is 2.18 bits per heavy atom. The summed E-state index contributed by atoms with van der Waals surface area (Å²) >= 11 is 0. The third-order valence-electron chi connectivity index (χ3n) is 3.26. The normalized spacial score (nSPS) is 20.0. The molecule has 1 unspecified atom stereocenters. The Hall–Kier alpha value is -1.16. The molecule has 1 heterocycles. The molecule has 1 N–H and O–H groups in total. The Morgan fingerprint density at radius 1 is 1.41 bits per heavy atom. The fourth-order valence-electron chi connectivity index (χ4n) is 2.35. The summed E-state index contributed by atoms with van der Waals surface area (Å²) < 4.78 is 27.6. The van der Waals surface area contributed by atoms with Gasteiger partial charge in [0, 0.05) is 19.1 Å². The van der Waals surface area contributed by atoms with Gasteiger partial charge in [0.2, 0.25) is 0 Å². The average Bonchev–Trinajstić information content (AvgIpc) is 2.73. The standard InChI is InChI=1S/C13H18F2N2/c1-3-16-10-6-7-17(8-10)13-11(14)5-4-9(2)12(13)15/h4-5,10,16H,3,6-8H2,1-2H3. The zero-order valence-electron chi connectivity index (χ0n) is 10.3. The molecule has 0 aliphatic carbocycles. The van der Waals surface area contributed by atoms with E-state index >= 15 is 0 Å². The zero-order chi connectivity index (χ0) is 12.4. The molecule has 4 heteroatoms. The fraction of sp³-hybridized carbons (Fsp3) is 0.538. The highest BCUT2D eigenvalue weighted by molar-refractivity contribution is 5.52. The van der Waals surface area contributed by atoms with Crippen LogP contribution in [0.5, 0.6) is 0 Å². The van der Waals surface area contributed by atoms with Gasteiger partial charge in [0.1, 0.15) is 11.5 Å². The van der Waals surface area contributed by atoms with E-state index in [-0.39, 0.29) is 5.69 Å². The van der Waals surface area contributed by atoms with Gasteiger partial charge >= 0.3 is 0 Å². The molecular formula is C13H18F2N2. The number of hydrogen-bond acceptors (Lipinski definition) is 2. The van der Waals surface area contributed by atoms with Crippen LogP contribution in [0.3, 0.4) is 0 Å². The maximum absolute atomic E-state index is 13.9. The number of aryl methyl sites for hydroxylation is 1. The molecule has 0 saturated carbocycles. The molecule has 1 saturated heterocycles. The lowest BCUT2D eigenvalue weighted by Crippen LogP contribution is -2.32. The summed E-state index contributed by atoms with van der Waals surface area (Å²) in [5.41, 5.74) is 0.624. The number of anilines is 1. The van der Waals surface area contributed by atoms with Crippen molar-refractivity contribution in [3.8, 4) is 0 Å². The predicted octanol–water partition coefficient (Wildman–Crippen LogP) is 2.46. The van der Waals surface area contributed by atoms with Gasteiger partial charge in [-0.3, -0.25) is 0 Å². The van der Waals surface area contributed by atoms with Crippen LogP contribution in [-0.4, -0.2) is 25.7 Å². The second-order valence-electron chi connectivity index (χ2n) is 4.52. The number of halogens is 2. The molecule has 2 nitrogen and oxygen atoms in total. The van der Waals surface area contributed by atoms with E-state index in [0.717, 1.165) is 13.0 Å². The van der Waals surface area contributed by atoms with Gasteiger partial charge in [-0.05, 0) is 31.5 Å². The SMILES string of the molecule is CCNC1CCN(c2c(F)ccc(C)c2F)C1. The molecule has 94 valence electrons. The lowest BCUT2D eigenvalue weighted by Gasteiger charge is -2.21. The van der Waals surface area contributed by atoms with E-state index in [4.69, 9.17) is 0 Å². The van der Waals surface area contributed by atoms with E-state index in [1.807, 2.05) is 6.92 Å². The monoisotopic (exact) mass is 240 g/mol. The summed E-state index contributed by atoms with van der Waals surface area (Å²) in [7, 11) is 0. The maximum Gasteiger partial charge on any atom is 0.152 e. The van der Waals surface area contributed by atoms with Gasteiger partial charge < -0.3 is 10.2 Å². The Labute approximate surface area is 101 Å². The lowest BCUT2D eigenvalue weighted by atomic mass is 10.2. The van der Waals surface area contributed by atoms with Crippen molar-refractivity contribution < 1.29 is 8.78 Å². The molecule has 1 aromatic carbocycles. The molecule has 1 aromatic rings. The predicted molar refractivity (Wildman–Crippen MR) is 65.4 cm³/mol. The van der Waals surface area contributed by atoms with Crippen LogP contribution in [0.4, 0.5) is 14.5 Å². The van der Waals surface area contributed by atoms with Crippen molar-refractivity contribution in [2.24, 2.45) is 0 Å². The van der Waals surface area contributed by atoms with Crippen LogP contribution in [0.15, 0.2) is 12.1 Å². The Bertz CT molecular complexity index is 407. The first-order valence-electron chi connectivity index (χ1n) is 6.06. The first-order chi connectivity index (χ1) is 8.13. The van der Waals surface area contributed by atoms with Gasteiger partial charge in [-0.1, -0.05) is 13.0 Å². The minimum atomic E-state index is -0.467. The van der Waals surface area contributed by atoms with E-state index < -0.39 is 11.6 Å². The molecular weight excluding hydrogens is 222 g/mol. The molecule has 1 fully saturated rings. The number of benzene rings is 1. The number of nitrogens with zero attached hydrogens (tertiary/aromatic N) is 1. The third-order valence-corrected chi connectivity index (χ3v) is 3.26. The van der Waals surface area contributed by atoms with Gasteiger partial charge in [-0.2, -0.15) is 0 Å². The van der Waals surface area contributed by atoms with E-state index in [2.05, 4.69) is 5.32 Å². The topological polar surface area (TPSA) is 15.3 Å². The Balaban J connectivity index is 2.21. The van der Waals surface area contributed by atoms with Crippen molar-refractivity contribution in [2.45, 2.75) is 26.3 Å². The van der Waals surface area contributed by atoms with Crippen LogP contribution in [0, 0.1) is 18.6 Å². The third kappa shape index (κ3) is 2.41. The smallest absolute Gasteiger partial charge is 0.152 e. The fourth-order valence-corrected chi connectivity index (χ4v) is 2.35. The molecule has 1 aliphatic rings. The van der Waals surface area contributed by atoms with Crippen molar-refractivity contribution in [1.29, 1.82) is 0 Å². The van der Waals surface area contributed by atoms with Crippen LogP contribution in [0.2, 0.25) is 0 Å². The van der Waals surface area contributed by atoms with Crippen LogP contribution in [0.1, 0.15) is 18.9 Å². The van der Waals surface area contributed by atoms with E-state index in [1.165, 1.54) is 12.1 Å². The number of hydrogen-bond donors (Lipinski definition) is 1. The molecule has 0 spiro atoms. The van der Waals surface area contributed by atoms with Gasteiger partial charge in [0.05, 0.1) is 0 Å². The summed E-state index contributed by atoms with van der Waals surface area (Å²) in [4.78, 5) is 1.80. The summed E-state index contributed by atoms with van der Waals surface area (Å²) in [5, 5.41) is 3.31. The molecule has 1 aliphatic heterocycles. The minimum Gasteiger partial charge on any atom is -0.365 e. The highest BCUT2D eigenvalue weighted by atomic mass is 19.1. The Morgan fingerprint density at radius 3 is 2.88 bits per heavy atom. The molecule has 17 heavy (non-hydrogen) atoms. The summed E-state index contributed by atoms with van der Waals surface area (Å²) in [6.07, 6.45) is 0.931. The van der Waals surface area contributed by atoms with Crippen LogP contribution >= 0.6 is 0 Å². The van der Waals surface area contributed by atoms with Crippen molar-refractivity contribution >= 4 is 5.69 Å². The van der Waals surface area contributed by atoms with Gasteiger partial charge in [0.25, 0.3) is 0 Å². The molecule has 0 amide bonds. The van der Waals surface area contributed by atoms with Gasteiger partial charge in [-0.25, -0.2) is 8.78 Å². The van der Waals surface area contributed by atoms with Crippen LogP contribution in [-0.2, 0) is 0 Å². The second-order valence-corrected chi connectivity index (χ2v) is 4.52. The first kappa shape index (κ1) is 12.3. The average molecular weight is 240 g/mol. The van der Waals surface area contributed by atoms with Crippen LogP contribution in [0.25, 0.3) is 0 Å². The molecule has 0 aromatic heterocycles. The summed E-state index contributed by atoms with van der Waals surface area (Å²) in [6, 6.07) is 3.15. The van der Waals surface area contributed by atoms with Crippen molar-refractivity contribution in [1.82, 2.24) is 5.32 Å². The second kappa shape index (κ2) is 5.00. The van der Waals surface area contributed by atoms with Crippen molar-refractivity contribution in [3.05, 3.63) is 29.3 Å². The van der Waals surface area contributed by atoms with Gasteiger partial charge in [-0.15, -0.1) is 0 Å². The number of likely N-dealkylation sites (N-methyl/N-ethyl adjacent to an activating group) is 1. The lowest BCUT2D eigenvalue weighted by molar-refractivity contribution is 0.559. The summed E-state index contributed by atoms with van der Waals surface area (Å²) in [5.74, 6) is -0.896.